The summed E-state index contributed by atoms with van der Waals surface area (Å²) in [5, 5.41) is 18.6. The standard InChI is InChI=1S/C19H24F3N5O3S2/c1-4-10-13(8-19(20,21)22)25-12-7-5-6-11(12)15(10)26-17(28)27-32(23,30)14-9-24-16(31-14)18(2,3)29/h9,29H,4-8H2,1-3H3,(H3,23,25,26,27,28,30)/t32-/m1/s1. The molecule has 32 heavy (non-hydrogen) atoms. The summed E-state index contributed by atoms with van der Waals surface area (Å²) in [4.78, 5) is 20.8. The van der Waals surface area contributed by atoms with Gasteiger partial charge in [-0.25, -0.2) is 19.1 Å². The molecule has 1 aliphatic carbocycles. The summed E-state index contributed by atoms with van der Waals surface area (Å²) in [6.07, 6.45) is -2.50. The van der Waals surface area contributed by atoms with Gasteiger partial charge in [-0.1, -0.05) is 6.92 Å². The molecular formula is C19H24F3N5O3S2. The largest absolute Gasteiger partial charge is 0.394 e. The Bertz CT molecular complexity index is 1160. The quantitative estimate of drug-likeness (QED) is 0.585. The maximum Gasteiger partial charge on any atom is 0.394 e. The molecular weight excluding hydrogens is 467 g/mol. The third-order valence-electron chi connectivity index (χ3n) is 4.88. The van der Waals surface area contributed by atoms with E-state index in [0.29, 0.717) is 30.5 Å². The highest BCUT2D eigenvalue weighted by Gasteiger charge is 2.33. The fourth-order valence-electron chi connectivity index (χ4n) is 3.52. The van der Waals surface area contributed by atoms with Crippen LogP contribution in [0.3, 0.4) is 0 Å². The van der Waals surface area contributed by atoms with Crippen molar-refractivity contribution in [2.75, 3.05) is 5.32 Å². The first-order valence-electron chi connectivity index (χ1n) is 9.86. The minimum Gasteiger partial charge on any atom is -0.383 e. The van der Waals surface area contributed by atoms with Gasteiger partial charge in [-0.2, -0.15) is 13.2 Å². The number of urea groups is 1. The lowest BCUT2D eigenvalue weighted by molar-refractivity contribution is -0.128. The normalized spacial score (nSPS) is 15.9. The molecule has 0 radical (unpaired) electrons. The van der Waals surface area contributed by atoms with E-state index in [2.05, 4.69) is 19.6 Å². The van der Waals surface area contributed by atoms with Crippen molar-refractivity contribution in [3.05, 3.63) is 33.7 Å². The zero-order chi connectivity index (χ0) is 23.9. The molecule has 4 N–H and O–H groups in total. The van der Waals surface area contributed by atoms with Crippen LogP contribution in [0.4, 0.5) is 23.7 Å². The minimum atomic E-state index is -4.45. The van der Waals surface area contributed by atoms with Crippen molar-refractivity contribution in [3.8, 4) is 0 Å². The van der Waals surface area contributed by atoms with Gasteiger partial charge >= 0.3 is 12.2 Å². The van der Waals surface area contributed by atoms with E-state index in [0.717, 1.165) is 11.3 Å². The summed E-state index contributed by atoms with van der Waals surface area (Å²) >= 11 is 0.861. The van der Waals surface area contributed by atoms with E-state index >= 15 is 0 Å². The summed E-state index contributed by atoms with van der Waals surface area (Å²) in [7, 11) is -3.68. The molecule has 0 saturated carbocycles. The van der Waals surface area contributed by atoms with E-state index in [-0.39, 0.29) is 32.6 Å². The number of alkyl halides is 3. The Balaban J connectivity index is 1.98. The van der Waals surface area contributed by atoms with E-state index in [4.69, 9.17) is 5.14 Å². The van der Waals surface area contributed by atoms with Crippen LogP contribution in [0, 0.1) is 0 Å². The molecule has 13 heteroatoms. The molecule has 1 aliphatic rings. The van der Waals surface area contributed by atoms with Gasteiger partial charge < -0.3 is 10.4 Å². The van der Waals surface area contributed by atoms with Crippen molar-refractivity contribution in [1.82, 2.24) is 9.97 Å². The number of amides is 2. The lowest BCUT2D eigenvalue weighted by atomic mass is 10.0. The van der Waals surface area contributed by atoms with Crippen molar-refractivity contribution in [2.45, 2.75) is 68.9 Å². The number of anilines is 1. The Morgan fingerprint density at radius 3 is 2.62 bits per heavy atom. The SMILES string of the molecule is CCc1c(CC(F)(F)F)nc2c(c1NC(=O)N=[S@@](N)(=O)c1cnc(C(C)(C)O)s1)CCC2. The molecule has 2 amide bonds. The molecule has 3 rings (SSSR count). The van der Waals surface area contributed by atoms with Gasteiger partial charge in [0.15, 0.2) is 9.92 Å². The number of nitrogens with two attached hydrogens (primary N) is 1. The second-order valence-electron chi connectivity index (χ2n) is 7.97. The molecule has 1 atom stereocenters. The zero-order valence-electron chi connectivity index (χ0n) is 17.7. The predicted molar refractivity (Wildman–Crippen MR) is 115 cm³/mol. The summed E-state index contributed by atoms with van der Waals surface area (Å²) in [5.74, 6) is 0. The first-order valence-corrected chi connectivity index (χ1v) is 12.3. The van der Waals surface area contributed by atoms with E-state index in [1.54, 1.807) is 6.92 Å². The number of aryl methyl sites for hydroxylation is 1. The van der Waals surface area contributed by atoms with Crippen LogP contribution in [0.2, 0.25) is 0 Å². The molecule has 0 bridgehead atoms. The molecule has 0 spiro atoms. The van der Waals surface area contributed by atoms with Gasteiger partial charge in [0, 0.05) is 5.69 Å². The van der Waals surface area contributed by atoms with Crippen LogP contribution in [0.5, 0.6) is 0 Å². The summed E-state index contributed by atoms with van der Waals surface area (Å²) in [6, 6.07) is -1.04. The molecule has 0 aromatic carbocycles. The van der Waals surface area contributed by atoms with Crippen LogP contribution in [0.25, 0.3) is 0 Å². The average Bonchev–Trinajstić information content (AvgIpc) is 3.29. The van der Waals surface area contributed by atoms with Crippen molar-refractivity contribution in [1.29, 1.82) is 0 Å². The van der Waals surface area contributed by atoms with Gasteiger partial charge in [-0.3, -0.25) is 4.98 Å². The highest BCUT2D eigenvalue weighted by molar-refractivity contribution is 7.93. The Hall–Kier alpha value is -2.09. The van der Waals surface area contributed by atoms with Gasteiger partial charge in [-0.05, 0) is 50.7 Å². The second kappa shape index (κ2) is 8.69. The van der Waals surface area contributed by atoms with Crippen molar-refractivity contribution >= 4 is 33.0 Å². The Morgan fingerprint density at radius 2 is 2.06 bits per heavy atom. The maximum absolute atomic E-state index is 13.1. The lowest BCUT2D eigenvalue weighted by Gasteiger charge is -2.18. The molecule has 0 unspecified atom stereocenters. The van der Waals surface area contributed by atoms with Gasteiger partial charge in [0.25, 0.3) is 0 Å². The fourth-order valence-corrected chi connectivity index (χ4v) is 5.58. The molecule has 0 aliphatic heterocycles. The van der Waals surface area contributed by atoms with E-state index < -0.39 is 34.1 Å². The molecule has 0 fully saturated rings. The molecule has 0 saturated heterocycles. The van der Waals surface area contributed by atoms with Gasteiger partial charge in [0.05, 0.1) is 24.0 Å². The predicted octanol–water partition coefficient (Wildman–Crippen LogP) is 3.85. The highest BCUT2D eigenvalue weighted by Crippen LogP contribution is 2.35. The first kappa shape index (κ1) is 24.6. The average molecular weight is 492 g/mol. The fraction of sp³-hybridized carbons (Fsp3) is 0.526. The number of carbonyl (C=O) groups is 1. The number of pyridine rings is 1. The summed E-state index contributed by atoms with van der Waals surface area (Å²) in [5.41, 5.74) is 0.270. The number of nitrogens with one attached hydrogen (secondary N) is 1. The molecule has 2 heterocycles. The number of nitrogens with zero attached hydrogens (tertiary/aromatic N) is 3. The van der Waals surface area contributed by atoms with E-state index in [1.807, 2.05) is 0 Å². The van der Waals surface area contributed by atoms with E-state index in [1.165, 1.54) is 20.0 Å². The van der Waals surface area contributed by atoms with Crippen LogP contribution in [-0.2, 0) is 41.2 Å². The summed E-state index contributed by atoms with van der Waals surface area (Å²) < 4.78 is 55.7. The van der Waals surface area contributed by atoms with Crippen LogP contribution in [0.15, 0.2) is 14.8 Å². The monoisotopic (exact) mass is 491 g/mol. The van der Waals surface area contributed by atoms with Crippen LogP contribution in [0.1, 0.15) is 54.7 Å². The minimum absolute atomic E-state index is 0.00166. The number of halogens is 3. The topological polar surface area (TPSA) is 131 Å². The summed E-state index contributed by atoms with van der Waals surface area (Å²) in [6.45, 7) is 4.66. The number of carbonyl (C=O) groups excluding carboxylic acids is 1. The maximum atomic E-state index is 13.1. The van der Waals surface area contributed by atoms with Gasteiger partial charge in [0.2, 0.25) is 0 Å². The molecule has 176 valence electrons. The zero-order valence-corrected chi connectivity index (χ0v) is 19.4. The first-order chi connectivity index (χ1) is 14.7. The van der Waals surface area contributed by atoms with Crippen molar-refractivity contribution in [2.24, 2.45) is 9.50 Å². The number of thiazole rings is 1. The number of aromatic nitrogens is 2. The number of hydrogen-bond acceptors (Lipinski definition) is 6. The number of aliphatic hydroxyl groups is 1. The smallest absolute Gasteiger partial charge is 0.383 e. The number of fused-ring (bicyclic) bond motifs is 1. The second-order valence-corrected chi connectivity index (χ2v) is 11.0. The van der Waals surface area contributed by atoms with Crippen LogP contribution < -0.4 is 10.5 Å². The molecule has 2 aromatic rings. The van der Waals surface area contributed by atoms with Gasteiger partial charge in [0.1, 0.15) is 14.8 Å². The number of rotatable bonds is 5. The Labute approximate surface area is 187 Å². The lowest BCUT2D eigenvalue weighted by Crippen LogP contribution is -2.20. The van der Waals surface area contributed by atoms with Crippen LogP contribution in [-0.4, -0.2) is 31.5 Å². The van der Waals surface area contributed by atoms with Gasteiger partial charge in [-0.15, -0.1) is 15.7 Å². The van der Waals surface area contributed by atoms with E-state index in [9.17, 15) is 27.3 Å². The Kier molecular flexibility index (Phi) is 6.67. The molecule has 8 nitrogen and oxygen atoms in total. The highest BCUT2D eigenvalue weighted by atomic mass is 32.2. The molecule has 2 aromatic heterocycles. The van der Waals surface area contributed by atoms with Crippen molar-refractivity contribution < 1.29 is 27.3 Å². The van der Waals surface area contributed by atoms with Crippen molar-refractivity contribution in [3.63, 3.8) is 0 Å². The third kappa shape index (κ3) is 5.45. The Morgan fingerprint density at radius 1 is 1.38 bits per heavy atom. The number of hydrogen-bond donors (Lipinski definition) is 3. The third-order valence-corrected chi connectivity index (χ3v) is 8.07. The van der Waals surface area contributed by atoms with Crippen LogP contribution >= 0.6 is 11.3 Å².